The second-order valence-electron chi connectivity index (χ2n) is 5.47. The van der Waals surface area contributed by atoms with Gasteiger partial charge in [0.05, 0.1) is 4.90 Å². The first-order chi connectivity index (χ1) is 8.90. The fourth-order valence-corrected chi connectivity index (χ4v) is 4.16. The number of nitrogens with one attached hydrogen (secondary N) is 2. The number of hydrogen-bond acceptors (Lipinski definition) is 3. The zero-order valence-corrected chi connectivity index (χ0v) is 12.5. The number of aryl methyl sites for hydroxylation is 2. The van der Waals surface area contributed by atoms with Gasteiger partial charge in [0.1, 0.15) is 0 Å². The number of rotatable bonds is 3. The van der Waals surface area contributed by atoms with Gasteiger partial charge < -0.3 is 5.32 Å². The number of piperidine rings is 1. The van der Waals surface area contributed by atoms with Gasteiger partial charge in [-0.2, -0.15) is 0 Å². The lowest BCUT2D eigenvalue weighted by molar-refractivity contribution is 0.328. The van der Waals surface area contributed by atoms with Crippen molar-refractivity contribution in [3.63, 3.8) is 0 Å². The molecule has 0 aromatic heterocycles. The summed E-state index contributed by atoms with van der Waals surface area (Å²) in [6.07, 6.45) is 0.839. The highest BCUT2D eigenvalue weighted by molar-refractivity contribution is 7.89. The monoisotopic (exact) mass is 282 g/mol. The Balaban J connectivity index is 2.22. The van der Waals surface area contributed by atoms with Crippen molar-refractivity contribution in [2.75, 3.05) is 13.1 Å². The molecule has 4 nitrogen and oxygen atoms in total. The van der Waals surface area contributed by atoms with Crippen molar-refractivity contribution in [3.8, 4) is 0 Å². The molecule has 1 heterocycles. The second-order valence-corrected chi connectivity index (χ2v) is 7.15. The first-order valence-corrected chi connectivity index (χ1v) is 8.19. The normalized spacial score (nSPS) is 24.4. The molecule has 0 spiro atoms. The molecule has 2 rings (SSSR count). The molecule has 1 aromatic rings. The summed E-state index contributed by atoms with van der Waals surface area (Å²) in [5.41, 5.74) is 1.88. The van der Waals surface area contributed by atoms with Crippen LogP contribution in [0.15, 0.2) is 23.1 Å². The maximum Gasteiger partial charge on any atom is 0.241 e. The van der Waals surface area contributed by atoms with Gasteiger partial charge in [-0.25, -0.2) is 13.1 Å². The summed E-state index contributed by atoms with van der Waals surface area (Å²) in [4.78, 5) is 0.392. The third kappa shape index (κ3) is 3.35. The lowest BCUT2D eigenvalue weighted by Gasteiger charge is -2.30. The Bertz CT molecular complexity index is 555. The van der Waals surface area contributed by atoms with Crippen molar-refractivity contribution in [3.05, 3.63) is 29.3 Å². The van der Waals surface area contributed by atoms with Crippen LogP contribution in [0.3, 0.4) is 0 Å². The lowest BCUT2D eigenvalue weighted by atomic mass is 9.97. The van der Waals surface area contributed by atoms with Crippen molar-refractivity contribution in [1.29, 1.82) is 0 Å². The van der Waals surface area contributed by atoms with Crippen molar-refractivity contribution in [2.45, 2.75) is 38.1 Å². The van der Waals surface area contributed by atoms with E-state index in [1.54, 1.807) is 6.07 Å². The minimum absolute atomic E-state index is 0.0203. The second kappa shape index (κ2) is 5.61. The third-order valence-corrected chi connectivity index (χ3v) is 5.36. The number of sulfonamides is 1. The topological polar surface area (TPSA) is 58.2 Å². The van der Waals surface area contributed by atoms with Gasteiger partial charge in [-0.05, 0) is 50.9 Å². The van der Waals surface area contributed by atoms with Crippen LogP contribution in [0.5, 0.6) is 0 Å². The van der Waals surface area contributed by atoms with Gasteiger partial charge in [0, 0.05) is 6.04 Å². The van der Waals surface area contributed by atoms with E-state index >= 15 is 0 Å². The van der Waals surface area contributed by atoms with Gasteiger partial charge in [-0.3, -0.25) is 0 Å². The van der Waals surface area contributed by atoms with Crippen molar-refractivity contribution >= 4 is 10.0 Å². The Morgan fingerprint density at radius 2 is 2.05 bits per heavy atom. The maximum atomic E-state index is 12.4. The van der Waals surface area contributed by atoms with Gasteiger partial charge in [-0.1, -0.05) is 24.6 Å². The number of hydrogen-bond donors (Lipinski definition) is 2. The van der Waals surface area contributed by atoms with E-state index in [1.807, 2.05) is 26.0 Å². The molecular formula is C14H22N2O2S. The Hall–Kier alpha value is -0.910. The van der Waals surface area contributed by atoms with Crippen molar-refractivity contribution in [1.82, 2.24) is 10.0 Å². The van der Waals surface area contributed by atoms with E-state index in [-0.39, 0.29) is 6.04 Å². The van der Waals surface area contributed by atoms with Gasteiger partial charge >= 0.3 is 0 Å². The van der Waals surface area contributed by atoms with Gasteiger partial charge in [-0.15, -0.1) is 0 Å². The minimum Gasteiger partial charge on any atom is -0.316 e. The van der Waals surface area contributed by atoms with Crippen LogP contribution >= 0.6 is 0 Å². The van der Waals surface area contributed by atoms with Gasteiger partial charge in [0.15, 0.2) is 0 Å². The van der Waals surface area contributed by atoms with Crippen LogP contribution in [-0.4, -0.2) is 27.5 Å². The molecule has 19 heavy (non-hydrogen) atoms. The highest BCUT2D eigenvalue weighted by atomic mass is 32.2. The van der Waals surface area contributed by atoms with Crippen LogP contribution in [0.2, 0.25) is 0 Å². The fraction of sp³-hybridized carbons (Fsp3) is 0.571. The van der Waals surface area contributed by atoms with Crippen molar-refractivity contribution in [2.24, 2.45) is 5.92 Å². The summed E-state index contributed by atoms with van der Waals surface area (Å²) < 4.78 is 27.7. The largest absolute Gasteiger partial charge is 0.316 e. The maximum absolute atomic E-state index is 12.4. The van der Waals surface area contributed by atoms with E-state index in [1.165, 1.54) is 0 Å². The van der Waals surface area contributed by atoms with E-state index in [0.29, 0.717) is 10.8 Å². The van der Waals surface area contributed by atoms with Gasteiger partial charge in [0.25, 0.3) is 0 Å². The Morgan fingerprint density at radius 1 is 1.32 bits per heavy atom. The van der Waals surface area contributed by atoms with Crippen LogP contribution in [0, 0.1) is 19.8 Å². The highest BCUT2D eigenvalue weighted by Gasteiger charge is 2.27. The molecule has 0 radical (unpaired) electrons. The summed E-state index contributed by atoms with van der Waals surface area (Å²) >= 11 is 0. The van der Waals surface area contributed by atoms with E-state index in [2.05, 4.69) is 17.0 Å². The molecule has 5 heteroatoms. The predicted molar refractivity (Wildman–Crippen MR) is 76.7 cm³/mol. The van der Waals surface area contributed by atoms with Crippen LogP contribution in [0.4, 0.5) is 0 Å². The predicted octanol–water partition coefficient (Wildman–Crippen LogP) is 1.58. The van der Waals surface area contributed by atoms with E-state index in [4.69, 9.17) is 0 Å². The molecule has 0 bridgehead atoms. The first kappa shape index (κ1) is 14.5. The van der Waals surface area contributed by atoms with Crippen LogP contribution < -0.4 is 10.0 Å². The molecule has 1 saturated heterocycles. The van der Waals surface area contributed by atoms with Gasteiger partial charge in [0.2, 0.25) is 10.0 Å². The first-order valence-electron chi connectivity index (χ1n) is 6.70. The molecule has 1 aromatic carbocycles. The molecule has 0 saturated carbocycles. The van der Waals surface area contributed by atoms with Crippen LogP contribution in [-0.2, 0) is 10.0 Å². The summed E-state index contributed by atoms with van der Waals surface area (Å²) in [6, 6.07) is 5.46. The molecule has 1 aliphatic heterocycles. The van der Waals surface area contributed by atoms with Crippen molar-refractivity contribution < 1.29 is 8.42 Å². The standard InChI is InChI=1S/C14H22N2O2S/c1-10-4-5-14(11(2)8-10)19(17,18)16-13-6-7-15-9-12(13)3/h4-5,8,12-13,15-16H,6-7,9H2,1-3H3/t12-,13+/m0/s1. The molecule has 2 N–H and O–H groups in total. The molecule has 0 amide bonds. The summed E-state index contributed by atoms with van der Waals surface area (Å²) in [7, 11) is -3.42. The summed E-state index contributed by atoms with van der Waals surface area (Å²) in [5.74, 6) is 0.314. The Morgan fingerprint density at radius 3 is 2.68 bits per heavy atom. The lowest BCUT2D eigenvalue weighted by Crippen LogP contribution is -2.48. The molecule has 1 aliphatic rings. The molecule has 2 atom stereocenters. The Labute approximate surface area is 115 Å². The minimum atomic E-state index is -3.42. The quantitative estimate of drug-likeness (QED) is 0.885. The average Bonchev–Trinajstić information content (AvgIpc) is 2.31. The third-order valence-electron chi connectivity index (χ3n) is 3.71. The number of benzene rings is 1. The summed E-state index contributed by atoms with van der Waals surface area (Å²) in [5, 5.41) is 3.27. The molecule has 0 unspecified atom stereocenters. The Kier molecular flexibility index (Phi) is 4.28. The average molecular weight is 282 g/mol. The van der Waals surface area contributed by atoms with E-state index in [0.717, 1.165) is 30.6 Å². The molecular weight excluding hydrogens is 260 g/mol. The fourth-order valence-electron chi connectivity index (χ4n) is 2.55. The smallest absolute Gasteiger partial charge is 0.241 e. The summed E-state index contributed by atoms with van der Waals surface area (Å²) in [6.45, 7) is 7.60. The molecule has 1 fully saturated rings. The SMILES string of the molecule is Cc1ccc(S(=O)(=O)N[C@@H]2CCNC[C@@H]2C)c(C)c1. The molecule has 106 valence electrons. The van der Waals surface area contributed by atoms with E-state index in [9.17, 15) is 8.42 Å². The van der Waals surface area contributed by atoms with Crippen LogP contribution in [0.25, 0.3) is 0 Å². The zero-order valence-electron chi connectivity index (χ0n) is 11.7. The molecule has 0 aliphatic carbocycles. The van der Waals surface area contributed by atoms with Crippen LogP contribution in [0.1, 0.15) is 24.5 Å². The highest BCUT2D eigenvalue weighted by Crippen LogP contribution is 2.19. The van der Waals surface area contributed by atoms with E-state index < -0.39 is 10.0 Å². The zero-order chi connectivity index (χ0) is 14.0.